The average molecular weight is 298 g/mol. The summed E-state index contributed by atoms with van der Waals surface area (Å²) in [7, 11) is 0. The lowest BCUT2D eigenvalue weighted by atomic mass is 10.3. The normalized spacial score (nSPS) is 18.1. The summed E-state index contributed by atoms with van der Waals surface area (Å²) >= 11 is 3.43. The molecule has 1 fully saturated rings. The van der Waals surface area contributed by atoms with Crippen LogP contribution in [0.15, 0.2) is 22.8 Å². The van der Waals surface area contributed by atoms with Gasteiger partial charge in [-0.1, -0.05) is 6.92 Å². The van der Waals surface area contributed by atoms with E-state index in [9.17, 15) is 0 Å². The van der Waals surface area contributed by atoms with E-state index in [1.807, 2.05) is 6.20 Å². The number of hydrogen-bond acceptors (Lipinski definition) is 3. The molecule has 0 N–H and O–H groups in total. The van der Waals surface area contributed by atoms with Gasteiger partial charge in [-0.15, -0.1) is 0 Å². The summed E-state index contributed by atoms with van der Waals surface area (Å²) in [6, 6.07) is 4.16. The zero-order chi connectivity index (χ0) is 12.1. The summed E-state index contributed by atoms with van der Waals surface area (Å²) in [6.07, 6.45) is 4.36. The Kier molecular flexibility index (Phi) is 4.80. The number of rotatable bonds is 3. The van der Waals surface area contributed by atoms with Gasteiger partial charge in [-0.2, -0.15) is 0 Å². The first-order chi connectivity index (χ1) is 8.29. The van der Waals surface area contributed by atoms with E-state index in [4.69, 9.17) is 0 Å². The van der Waals surface area contributed by atoms with Crippen LogP contribution in [0.3, 0.4) is 0 Å². The largest absolute Gasteiger partial charge is 0.355 e. The third-order valence-corrected chi connectivity index (χ3v) is 3.63. The first kappa shape index (κ1) is 12.8. The maximum atomic E-state index is 4.48. The third kappa shape index (κ3) is 3.68. The molecule has 0 aliphatic carbocycles. The molecule has 2 rings (SSSR count). The minimum atomic E-state index is 1.05. The van der Waals surface area contributed by atoms with Crippen molar-refractivity contribution in [2.45, 2.75) is 19.8 Å². The third-order valence-electron chi connectivity index (χ3n) is 3.16. The van der Waals surface area contributed by atoms with Crippen LogP contribution in [-0.4, -0.2) is 42.6 Å². The highest BCUT2D eigenvalue weighted by atomic mass is 79.9. The quantitative estimate of drug-likeness (QED) is 0.855. The smallest absolute Gasteiger partial charge is 0.128 e. The van der Waals surface area contributed by atoms with E-state index in [1.165, 1.54) is 25.9 Å². The van der Waals surface area contributed by atoms with Crippen LogP contribution in [0.4, 0.5) is 5.82 Å². The molecule has 1 aromatic rings. The van der Waals surface area contributed by atoms with Crippen LogP contribution in [0.5, 0.6) is 0 Å². The highest BCUT2D eigenvalue weighted by molar-refractivity contribution is 9.10. The molecule has 4 heteroatoms. The van der Waals surface area contributed by atoms with Crippen LogP contribution in [0.1, 0.15) is 19.8 Å². The monoisotopic (exact) mass is 297 g/mol. The highest BCUT2D eigenvalue weighted by Gasteiger charge is 2.14. The van der Waals surface area contributed by atoms with Gasteiger partial charge in [-0.05, 0) is 54.0 Å². The molecule has 0 aromatic carbocycles. The molecule has 0 spiro atoms. The predicted molar refractivity (Wildman–Crippen MR) is 75.5 cm³/mol. The van der Waals surface area contributed by atoms with Crippen molar-refractivity contribution in [3.8, 4) is 0 Å². The first-order valence-corrected chi connectivity index (χ1v) is 7.17. The molecule has 1 saturated heterocycles. The van der Waals surface area contributed by atoms with Gasteiger partial charge in [-0.3, -0.25) is 0 Å². The second kappa shape index (κ2) is 6.36. The van der Waals surface area contributed by atoms with Crippen LogP contribution in [0, 0.1) is 0 Å². The molecular weight excluding hydrogens is 278 g/mol. The van der Waals surface area contributed by atoms with Crippen molar-refractivity contribution in [2.24, 2.45) is 0 Å². The Bertz CT molecular complexity index is 339. The van der Waals surface area contributed by atoms with Crippen molar-refractivity contribution >= 4 is 21.7 Å². The van der Waals surface area contributed by atoms with E-state index in [0.717, 1.165) is 29.9 Å². The van der Waals surface area contributed by atoms with Crippen LogP contribution < -0.4 is 4.90 Å². The second-order valence-corrected chi connectivity index (χ2v) is 5.43. The van der Waals surface area contributed by atoms with Gasteiger partial charge in [0.2, 0.25) is 0 Å². The van der Waals surface area contributed by atoms with E-state index < -0.39 is 0 Å². The van der Waals surface area contributed by atoms with Gasteiger partial charge in [0.15, 0.2) is 0 Å². The summed E-state index contributed by atoms with van der Waals surface area (Å²) in [5.41, 5.74) is 0. The lowest BCUT2D eigenvalue weighted by Crippen LogP contribution is -2.31. The fourth-order valence-corrected chi connectivity index (χ4v) is 2.53. The van der Waals surface area contributed by atoms with Crippen LogP contribution >= 0.6 is 15.9 Å². The van der Waals surface area contributed by atoms with Gasteiger partial charge >= 0.3 is 0 Å². The van der Waals surface area contributed by atoms with E-state index in [1.54, 1.807) is 0 Å². The fourth-order valence-electron chi connectivity index (χ4n) is 2.29. The Balaban J connectivity index is 1.96. The van der Waals surface area contributed by atoms with Crippen LogP contribution in [-0.2, 0) is 0 Å². The van der Waals surface area contributed by atoms with E-state index >= 15 is 0 Å². The van der Waals surface area contributed by atoms with Gasteiger partial charge in [0, 0.05) is 30.3 Å². The highest BCUT2D eigenvalue weighted by Crippen LogP contribution is 2.16. The summed E-state index contributed by atoms with van der Waals surface area (Å²) < 4.78 is 1.05. The van der Waals surface area contributed by atoms with Crippen molar-refractivity contribution in [3.63, 3.8) is 0 Å². The summed E-state index contributed by atoms with van der Waals surface area (Å²) in [6.45, 7) is 8.07. The van der Waals surface area contributed by atoms with E-state index in [0.29, 0.717) is 0 Å². The van der Waals surface area contributed by atoms with E-state index in [-0.39, 0.29) is 0 Å². The molecule has 0 radical (unpaired) electrons. The van der Waals surface area contributed by atoms with Gasteiger partial charge in [0.05, 0.1) is 0 Å². The lowest BCUT2D eigenvalue weighted by Gasteiger charge is -2.22. The average Bonchev–Trinajstić information content (AvgIpc) is 2.56. The van der Waals surface area contributed by atoms with Crippen LogP contribution in [0.2, 0.25) is 0 Å². The number of nitrogens with zero attached hydrogens (tertiary/aromatic N) is 3. The molecule has 0 atom stereocenters. The number of anilines is 1. The Hall–Kier alpha value is -0.610. The number of hydrogen-bond donors (Lipinski definition) is 0. The zero-order valence-corrected chi connectivity index (χ0v) is 12.0. The lowest BCUT2D eigenvalue weighted by molar-refractivity contribution is 0.294. The topological polar surface area (TPSA) is 19.4 Å². The molecule has 0 unspecified atom stereocenters. The first-order valence-electron chi connectivity index (χ1n) is 6.38. The molecule has 3 nitrogen and oxygen atoms in total. The van der Waals surface area contributed by atoms with Gasteiger partial charge in [0.25, 0.3) is 0 Å². The SMILES string of the molecule is CCCN1CCCN(c2ccc(Br)cn2)CC1. The van der Waals surface area contributed by atoms with Gasteiger partial charge in [-0.25, -0.2) is 4.98 Å². The number of halogens is 1. The van der Waals surface area contributed by atoms with Gasteiger partial charge < -0.3 is 9.80 Å². The molecule has 17 heavy (non-hydrogen) atoms. The van der Waals surface area contributed by atoms with Crippen molar-refractivity contribution in [1.82, 2.24) is 9.88 Å². The second-order valence-electron chi connectivity index (χ2n) is 4.52. The fraction of sp³-hybridized carbons (Fsp3) is 0.615. The molecule has 0 saturated carbocycles. The number of pyridine rings is 1. The molecule has 1 aromatic heterocycles. The molecule has 94 valence electrons. The molecule has 2 heterocycles. The van der Waals surface area contributed by atoms with Gasteiger partial charge in [0.1, 0.15) is 5.82 Å². The standard InChI is InChI=1S/C13H20BrN3/c1-2-6-16-7-3-8-17(10-9-16)13-5-4-12(14)11-15-13/h4-5,11H,2-3,6-10H2,1H3. The Morgan fingerprint density at radius 3 is 2.82 bits per heavy atom. The minimum Gasteiger partial charge on any atom is -0.355 e. The maximum absolute atomic E-state index is 4.48. The van der Waals surface area contributed by atoms with Crippen LogP contribution in [0.25, 0.3) is 0 Å². The van der Waals surface area contributed by atoms with Crippen molar-refractivity contribution in [1.29, 1.82) is 0 Å². The molecule has 1 aliphatic heterocycles. The zero-order valence-electron chi connectivity index (χ0n) is 10.4. The van der Waals surface area contributed by atoms with Crippen molar-refractivity contribution < 1.29 is 0 Å². The van der Waals surface area contributed by atoms with Crippen molar-refractivity contribution in [3.05, 3.63) is 22.8 Å². The molecule has 1 aliphatic rings. The molecule has 0 bridgehead atoms. The Morgan fingerprint density at radius 2 is 2.12 bits per heavy atom. The minimum absolute atomic E-state index is 1.05. The number of aromatic nitrogens is 1. The summed E-state index contributed by atoms with van der Waals surface area (Å²) in [4.78, 5) is 9.42. The summed E-state index contributed by atoms with van der Waals surface area (Å²) in [5, 5.41) is 0. The summed E-state index contributed by atoms with van der Waals surface area (Å²) in [5.74, 6) is 1.10. The Labute approximate surface area is 112 Å². The maximum Gasteiger partial charge on any atom is 0.128 e. The van der Waals surface area contributed by atoms with Crippen molar-refractivity contribution in [2.75, 3.05) is 37.6 Å². The molecular formula is C13H20BrN3. The Morgan fingerprint density at radius 1 is 1.24 bits per heavy atom. The molecule has 0 amide bonds. The van der Waals surface area contributed by atoms with E-state index in [2.05, 4.69) is 49.8 Å². The predicted octanol–water partition coefficient (Wildman–Crippen LogP) is 2.77.